The monoisotopic (exact) mass is 433 g/mol. The fourth-order valence-electron chi connectivity index (χ4n) is 3.22. The van der Waals surface area contributed by atoms with Gasteiger partial charge in [-0.3, -0.25) is 0 Å². The molecular formula is C24H26F3NO3. The maximum absolute atomic E-state index is 13.3. The van der Waals surface area contributed by atoms with Crippen LogP contribution in [-0.2, 0) is 17.5 Å². The topological polar surface area (TPSA) is 38.8 Å². The Morgan fingerprint density at radius 1 is 1.06 bits per heavy atom. The minimum absolute atomic E-state index is 0.159. The lowest BCUT2D eigenvalue weighted by Crippen LogP contribution is -2.39. The number of hydrogen-bond donors (Lipinski definition) is 0. The molecule has 1 amide bonds. The Hall–Kier alpha value is -2.96. The molecule has 0 N–H and O–H groups in total. The first kappa shape index (κ1) is 22.7. The maximum atomic E-state index is 13.3. The van der Waals surface area contributed by atoms with Crippen LogP contribution < -0.4 is 4.74 Å². The lowest BCUT2D eigenvalue weighted by molar-refractivity contribution is -0.137. The number of ether oxygens (including phenoxy) is 2. The molecule has 0 aliphatic carbocycles. The van der Waals surface area contributed by atoms with E-state index in [-0.39, 0.29) is 12.4 Å². The molecule has 1 aliphatic rings. The molecule has 2 aromatic rings. The van der Waals surface area contributed by atoms with E-state index in [0.717, 1.165) is 23.3 Å². The van der Waals surface area contributed by atoms with Gasteiger partial charge in [-0.25, -0.2) is 4.79 Å². The zero-order valence-corrected chi connectivity index (χ0v) is 17.8. The van der Waals surface area contributed by atoms with Crippen molar-refractivity contribution in [3.8, 4) is 5.75 Å². The molecule has 1 aliphatic heterocycles. The summed E-state index contributed by atoms with van der Waals surface area (Å²) in [4.78, 5) is 13.8. The number of rotatable bonds is 4. The van der Waals surface area contributed by atoms with Crippen molar-refractivity contribution >= 4 is 11.7 Å². The van der Waals surface area contributed by atoms with Crippen LogP contribution >= 0.6 is 0 Å². The normalized spacial score (nSPS) is 14.8. The van der Waals surface area contributed by atoms with Crippen LogP contribution in [0.3, 0.4) is 0 Å². The molecule has 0 atom stereocenters. The second-order valence-electron chi connectivity index (χ2n) is 8.39. The second kappa shape index (κ2) is 9.04. The van der Waals surface area contributed by atoms with Crippen molar-refractivity contribution in [1.29, 1.82) is 0 Å². The Labute approximate surface area is 180 Å². The molecule has 7 heteroatoms. The Bertz CT molecular complexity index is 947. The lowest BCUT2D eigenvalue weighted by atomic mass is 9.97. The van der Waals surface area contributed by atoms with E-state index in [1.54, 1.807) is 25.7 Å². The van der Waals surface area contributed by atoms with Crippen molar-refractivity contribution < 1.29 is 27.4 Å². The summed E-state index contributed by atoms with van der Waals surface area (Å²) in [5.41, 5.74) is 0.961. The Morgan fingerprint density at radius 3 is 2.35 bits per heavy atom. The third-order valence-corrected chi connectivity index (χ3v) is 4.75. The van der Waals surface area contributed by atoms with Crippen molar-refractivity contribution in [2.45, 2.75) is 45.6 Å². The van der Waals surface area contributed by atoms with Crippen molar-refractivity contribution in [3.05, 3.63) is 71.3 Å². The number of alkyl halides is 3. The SMILES string of the molecule is CC(C)(C)OC(=O)N1CC=C(c2ccc(C(F)(F)F)cc2OCc2ccccc2)CC1. The number of hydrogen-bond acceptors (Lipinski definition) is 3. The molecule has 0 saturated carbocycles. The van der Waals surface area contributed by atoms with Crippen LogP contribution in [0.1, 0.15) is 43.9 Å². The molecule has 0 unspecified atom stereocenters. The smallest absolute Gasteiger partial charge is 0.416 e. The van der Waals surface area contributed by atoms with Crippen LogP contribution in [0.4, 0.5) is 18.0 Å². The first-order valence-electron chi connectivity index (χ1n) is 10.1. The summed E-state index contributed by atoms with van der Waals surface area (Å²) < 4.78 is 51.0. The third kappa shape index (κ3) is 6.26. The van der Waals surface area contributed by atoms with E-state index in [2.05, 4.69) is 0 Å². The molecule has 31 heavy (non-hydrogen) atoms. The predicted molar refractivity (Wildman–Crippen MR) is 113 cm³/mol. The number of halogens is 3. The number of carbonyl (C=O) groups excluding carboxylic acids is 1. The number of nitrogens with zero attached hydrogens (tertiary/aromatic N) is 1. The molecule has 166 valence electrons. The molecule has 4 nitrogen and oxygen atoms in total. The van der Waals surface area contributed by atoms with Gasteiger partial charge in [0.05, 0.1) is 5.56 Å². The van der Waals surface area contributed by atoms with Gasteiger partial charge in [-0.05, 0) is 50.5 Å². The minimum atomic E-state index is -4.46. The number of benzene rings is 2. The summed E-state index contributed by atoms with van der Waals surface area (Å²) in [7, 11) is 0. The van der Waals surface area contributed by atoms with Gasteiger partial charge in [0.1, 0.15) is 18.0 Å². The summed E-state index contributed by atoms with van der Waals surface area (Å²) in [5.74, 6) is 0.177. The maximum Gasteiger partial charge on any atom is 0.416 e. The van der Waals surface area contributed by atoms with Gasteiger partial charge in [-0.1, -0.05) is 42.5 Å². The van der Waals surface area contributed by atoms with Gasteiger partial charge >= 0.3 is 12.3 Å². The van der Waals surface area contributed by atoms with Crippen LogP contribution in [-0.4, -0.2) is 29.7 Å². The zero-order chi connectivity index (χ0) is 22.6. The van der Waals surface area contributed by atoms with Crippen LogP contribution in [0.2, 0.25) is 0 Å². The molecule has 3 rings (SSSR count). The summed E-state index contributed by atoms with van der Waals surface area (Å²) in [6.45, 7) is 6.30. The number of amides is 1. The molecule has 1 heterocycles. The standard InChI is InChI=1S/C24H26F3NO3/c1-23(2,3)31-22(29)28-13-11-18(12-14-28)20-10-9-19(24(25,26)27)15-21(20)30-16-17-7-5-4-6-8-17/h4-11,15H,12-14,16H2,1-3H3. The highest BCUT2D eigenvalue weighted by atomic mass is 19.4. The van der Waals surface area contributed by atoms with E-state index in [9.17, 15) is 18.0 Å². The van der Waals surface area contributed by atoms with E-state index < -0.39 is 23.4 Å². The quantitative estimate of drug-likeness (QED) is 0.567. The van der Waals surface area contributed by atoms with Crippen molar-refractivity contribution in [3.63, 3.8) is 0 Å². The lowest BCUT2D eigenvalue weighted by Gasteiger charge is -2.30. The summed E-state index contributed by atoms with van der Waals surface area (Å²) in [6.07, 6.45) is -2.54. The summed E-state index contributed by atoms with van der Waals surface area (Å²) >= 11 is 0. The van der Waals surface area contributed by atoms with Gasteiger partial charge in [0, 0.05) is 18.7 Å². The first-order valence-corrected chi connectivity index (χ1v) is 10.1. The molecule has 0 spiro atoms. The average Bonchev–Trinajstić information content (AvgIpc) is 2.71. The van der Waals surface area contributed by atoms with E-state index in [4.69, 9.17) is 9.47 Å². The van der Waals surface area contributed by atoms with Crippen LogP contribution in [0.5, 0.6) is 5.75 Å². The highest BCUT2D eigenvalue weighted by Gasteiger charge is 2.32. The number of carbonyl (C=O) groups is 1. The van der Waals surface area contributed by atoms with Gasteiger partial charge in [-0.2, -0.15) is 13.2 Å². The van der Waals surface area contributed by atoms with Gasteiger partial charge in [0.25, 0.3) is 0 Å². The van der Waals surface area contributed by atoms with Gasteiger partial charge in [0.2, 0.25) is 0 Å². The minimum Gasteiger partial charge on any atom is -0.488 e. The summed E-state index contributed by atoms with van der Waals surface area (Å²) in [5, 5.41) is 0. The Balaban J connectivity index is 1.82. The van der Waals surface area contributed by atoms with Crippen LogP contribution in [0.25, 0.3) is 5.57 Å². The van der Waals surface area contributed by atoms with E-state index in [0.29, 0.717) is 25.1 Å². The van der Waals surface area contributed by atoms with Gasteiger partial charge in [0.15, 0.2) is 0 Å². The Kier molecular flexibility index (Phi) is 6.62. The van der Waals surface area contributed by atoms with Gasteiger partial charge < -0.3 is 14.4 Å². The fraction of sp³-hybridized carbons (Fsp3) is 0.375. The Morgan fingerprint density at radius 2 is 1.77 bits per heavy atom. The molecule has 0 saturated heterocycles. The first-order chi connectivity index (χ1) is 14.5. The van der Waals surface area contributed by atoms with Crippen LogP contribution in [0.15, 0.2) is 54.6 Å². The fourth-order valence-corrected chi connectivity index (χ4v) is 3.22. The second-order valence-corrected chi connectivity index (χ2v) is 8.39. The van der Waals surface area contributed by atoms with Crippen molar-refractivity contribution in [1.82, 2.24) is 4.90 Å². The molecule has 0 bridgehead atoms. The highest BCUT2D eigenvalue weighted by molar-refractivity contribution is 5.75. The van der Waals surface area contributed by atoms with Crippen molar-refractivity contribution in [2.75, 3.05) is 13.1 Å². The molecule has 0 fully saturated rings. The predicted octanol–water partition coefficient (Wildman–Crippen LogP) is 6.31. The third-order valence-electron chi connectivity index (χ3n) is 4.75. The largest absolute Gasteiger partial charge is 0.488 e. The van der Waals surface area contributed by atoms with E-state index in [1.165, 1.54) is 6.07 Å². The van der Waals surface area contributed by atoms with E-state index in [1.807, 2.05) is 36.4 Å². The summed E-state index contributed by atoms with van der Waals surface area (Å²) in [6, 6.07) is 12.8. The highest BCUT2D eigenvalue weighted by Crippen LogP contribution is 2.37. The van der Waals surface area contributed by atoms with Crippen molar-refractivity contribution in [2.24, 2.45) is 0 Å². The van der Waals surface area contributed by atoms with Crippen LogP contribution in [0, 0.1) is 0 Å². The van der Waals surface area contributed by atoms with Gasteiger partial charge in [-0.15, -0.1) is 0 Å². The van der Waals surface area contributed by atoms with E-state index >= 15 is 0 Å². The average molecular weight is 433 g/mol. The zero-order valence-electron chi connectivity index (χ0n) is 17.8. The molecular weight excluding hydrogens is 407 g/mol. The molecule has 0 aromatic heterocycles. The molecule has 0 radical (unpaired) electrons. The molecule has 2 aromatic carbocycles.